The van der Waals surface area contributed by atoms with Gasteiger partial charge < -0.3 is 9.64 Å². The summed E-state index contributed by atoms with van der Waals surface area (Å²) in [4.78, 5) is 14.7. The van der Waals surface area contributed by atoms with Gasteiger partial charge in [0, 0.05) is 6.54 Å². The Kier molecular flexibility index (Phi) is 4.09. The molecule has 1 heterocycles. The third-order valence-corrected chi connectivity index (χ3v) is 4.08. The van der Waals surface area contributed by atoms with E-state index in [-0.39, 0.29) is 17.8 Å². The van der Waals surface area contributed by atoms with Gasteiger partial charge in [-0.15, -0.1) is 0 Å². The summed E-state index contributed by atoms with van der Waals surface area (Å²) in [5.74, 6) is 0.232. The number of para-hydroxylation sites is 1. The van der Waals surface area contributed by atoms with Gasteiger partial charge in [-0.05, 0) is 42.7 Å². The van der Waals surface area contributed by atoms with Crippen molar-refractivity contribution in [1.29, 1.82) is 0 Å². The Hall–Kier alpha value is -2.36. The van der Waals surface area contributed by atoms with Crippen LogP contribution in [0.5, 0.6) is 5.75 Å². The molecule has 0 unspecified atom stereocenters. The molecule has 0 bridgehead atoms. The molecule has 0 aliphatic carbocycles. The number of carbonyl (C=O) groups is 1. The van der Waals surface area contributed by atoms with Crippen molar-refractivity contribution < 1.29 is 13.9 Å². The van der Waals surface area contributed by atoms with E-state index in [0.29, 0.717) is 17.9 Å². The molecule has 1 amide bonds. The number of hydrogen-bond donors (Lipinski definition) is 0. The van der Waals surface area contributed by atoms with Crippen LogP contribution < -0.4 is 4.74 Å². The lowest BCUT2D eigenvalue weighted by atomic mass is 10.0. The minimum atomic E-state index is -0.269. The number of likely N-dealkylation sites (tertiary alicyclic amines) is 1. The van der Waals surface area contributed by atoms with Gasteiger partial charge in [-0.2, -0.15) is 0 Å². The molecule has 1 fully saturated rings. The van der Waals surface area contributed by atoms with E-state index < -0.39 is 0 Å². The van der Waals surface area contributed by atoms with E-state index in [1.54, 1.807) is 25.3 Å². The van der Waals surface area contributed by atoms with Gasteiger partial charge in [-0.3, -0.25) is 4.79 Å². The highest BCUT2D eigenvalue weighted by atomic mass is 19.1. The highest BCUT2D eigenvalue weighted by molar-refractivity contribution is 5.97. The Morgan fingerprint density at radius 2 is 2.05 bits per heavy atom. The van der Waals surface area contributed by atoms with Gasteiger partial charge in [0.2, 0.25) is 0 Å². The number of benzene rings is 2. The molecule has 3 nitrogen and oxygen atoms in total. The summed E-state index contributed by atoms with van der Waals surface area (Å²) in [5, 5.41) is 0. The fourth-order valence-electron chi connectivity index (χ4n) is 3.05. The van der Waals surface area contributed by atoms with Crippen LogP contribution in [0.3, 0.4) is 0 Å². The molecule has 1 aliphatic rings. The van der Waals surface area contributed by atoms with Gasteiger partial charge in [-0.25, -0.2) is 4.39 Å². The first kappa shape index (κ1) is 14.6. The molecule has 3 rings (SSSR count). The van der Waals surface area contributed by atoms with Crippen LogP contribution in [0, 0.1) is 5.82 Å². The number of nitrogens with zero attached hydrogens (tertiary/aromatic N) is 1. The second kappa shape index (κ2) is 6.18. The van der Waals surface area contributed by atoms with Crippen LogP contribution in [0.15, 0.2) is 48.5 Å². The van der Waals surface area contributed by atoms with Gasteiger partial charge in [0.15, 0.2) is 0 Å². The Morgan fingerprint density at radius 1 is 1.23 bits per heavy atom. The number of halogens is 1. The van der Waals surface area contributed by atoms with Gasteiger partial charge in [-0.1, -0.05) is 24.3 Å². The fraction of sp³-hybridized carbons (Fsp3) is 0.278. The van der Waals surface area contributed by atoms with E-state index in [2.05, 4.69) is 0 Å². The second-order valence-electron chi connectivity index (χ2n) is 5.41. The number of rotatable bonds is 3. The smallest absolute Gasteiger partial charge is 0.258 e. The number of amides is 1. The molecular formula is C18H18FNO2. The molecular weight excluding hydrogens is 281 g/mol. The van der Waals surface area contributed by atoms with Gasteiger partial charge in [0.1, 0.15) is 11.6 Å². The minimum absolute atomic E-state index is 0.0655. The quantitative estimate of drug-likeness (QED) is 0.862. The number of carbonyl (C=O) groups excluding carboxylic acids is 1. The molecule has 2 aromatic carbocycles. The molecule has 0 radical (unpaired) electrons. The van der Waals surface area contributed by atoms with Crippen LogP contribution in [0.4, 0.5) is 4.39 Å². The zero-order valence-corrected chi connectivity index (χ0v) is 12.5. The largest absolute Gasteiger partial charge is 0.496 e. The van der Waals surface area contributed by atoms with E-state index in [4.69, 9.17) is 4.74 Å². The van der Waals surface area contributed by atoms with Crippen LogP contribution in [-0.4, -0.2) is 24.5 Å². The standard InChI is InChI=1S/C18H18FNO2/c1-22-17-10-3-2-8-15(17)18(21)20-11-5-9-16(20)13-6-4-7-14(19)12-13/h2-4,6-8,10,12,16H,5,9,11H2,1H3/t16-/m0/s1. The predicted molar refractivity (Wildman–Crippen MR) is 82.4 cm³/mol. The molecule has 0 saturated carbocycles. The molecule has 2 aromatic rings. The average Bonchev–Trinajstić information content (AvgIpc) is 3.03. The minimum Gasteiger partial charge on any atom is -0.496 e. The summed E-state index contributed by atoms with van der Waals surface area (Å²) < 4.78 is 18.7. The van der Waals surface area contributed by atoms with Crippen LogP contribution in [0.1, 0.15) is 34.8 Å². The summed E-state index contributed by atoms with van der Waals surface area (Å²) in [5.41, 5.74) is 1.40. The van der Waals surface area contributed by atoms with Crippen molar-refractivity contribution in [1.82, 2.24) is 4.90 Å². The highest BCUT2D eigenvalue weighted by Gasteiger charge is 2.31. The average molecular weight is 299 g/mol. The lowest BCUT2D eigenvalue weighted by molar-refractivity contribution is 0.0732. The lowest BCUT2D eigenvalue weighted by Gasteiger charge is -2.26. The van der Waals surface area contributed by atoms with Gasteiger partial charge in [0.05, 0.1) is 18.7 Å². The van der Waals surface area contributed by atoms with Crippen molar-refractivity contribution in [3.8, 4) is 5.75 Å². The maximum atomic E-state index is 13.5. The molecule has 4 heteroatoms. The van der Waals surface area contributed by atoms with E-state index in [9.17, 15) is 9.18 Å². The Morgan fingerprint density at radius 3 is 2.82 bits per heavy atom. The molecule has 1 atom stereocenters. The molecule has 0 N–H and O–H groups in total. The monoisotopic (exact) mass is 299 g/mol. The second-order valence-corrected chi connectivity index (χ2v) is 5.41. The summed E-state index contributed by atoms with van der Waals surface area (Å²) in [6.07, 6.45) is 1.77. The van der Waals surface area contributed by atoms with E-state index in [0.717, 1.165) is 18.4 Å². The van der Waals surface area contributed by atoms with Crippen molar-refractivity contribution in [2.75, 3.05) is 13.7 Å². The van der Waals surface area contributed by atoms with E-state index >= 15 is 0 Å². The van der Waals surface area contributed by atoms with E-state index in [1.165, 1.54) is 12.1 Å². The first-order valence-corrected chi connectivity index (χ1v) is 7.40. The normalized spacial score (nSPS) is 17.5. The maximum Gasteiger partial charge on any atom is 0.258 e. The van der Waals surface area contributed by atoms with Gasteiger partial charge in [0.25, 0.3) is 5.91 Å². The molecule has 1 aliphatic heterocycles. The Balaban J connectivity index is 1.91. The topological polar surface area (TPSA) is 29.5 Å². The maximum absolute atomic E-state index is 13.5. The zero-order valence-electron chi connectivity index (χ0n) is 12.5. The predicted octanol–water partition coefficient (Wildman–Crippen LogP) is 3.81. The lowest BCUT2D eigenvalue weighted by Crippen LogP contribution is -2.30. The summed E-state index contributed by atoms with van der Waals surface area (Å²) in [7, 11) is 1.56. The molecule has 0 aromatic heterocycles. The highest BCUT2D eigenvalue weighted by Crippen LogP contribution is 2.34. The number of hydrogen-bond acceptors (Lipinski definition) is 2. The fourth-order valence-corrected chi connectivity index (χ4v) is 3.05. The van der Waals surface area contributed by atoms with Crippen molar-refractivity contribution in [2.45, 2.75) is 18.9 Å². The Labute approximate surface area is 129 Å². The van der Waals surface area contributed by atoms with E-state index in [1.807, 2.05) is 23.1 Å². The third-order valence-electron chi connectivity index (χ3n) is 4.08. The van der Waals surface area contributed by atoms with Crippen molar-refractivity contribution >= 4 is 5.91 Å². The summed E-state index contributed by atoms with van der Waals surface area (Å²) in [6, 6.07) is 13.6. The van der Waals surface area contributed by atoms with Crippen LogP contribution in [0.2, 0.25) is 0 Å². The molecule has 1 saturated heterocycles. The number of ether oxygens (including phenoxy) is 1. The van der Waals surface area contributed by atoms with Crippen LogP contribution in [-0.2, 0) is 0 Å². The molecule has 0 spiro atoms. The van der Waals surface area contributed by atoms with Crippen LogP contribution >= 0.6 is 0 Å². The van der Waals surface area contributed by atoms with Crippen molar-refractivity contribution in [3.63, 3.8) is 0 Å². The van der Waals surface area contributed by atoms with Gasteiger partial charge >= 0.3 is 0 Å². The molecule has 114 valence electrons. The number of methoxy groups -OCH3 is 1. The SMILES string of the molecule is COc1ccccc1C(=O)N1CCC[C@H]1c1cccc(F)c1. The molecule has 22 heavy (non-hydrogen) atoms. The third kappa shape index (κ3) is 2.69. The van der Waals surface area contributed by atoms with Crippen molar-refractivity contribution in [3.05, 3.63) is 65.5 Å². The van der Waals surface area contributed by atoms with Crippen molar-refractivity contribution in [2.24, 2.45) is 0 Å². The summed E-state index contributed by atoms with van der Waals surface area (Å²) >= 11 is 0. The Bertz CT molecular complexity index is 686. The first-order chi connectivity index (χ1) is 10.7. The van der Waals surface area contributed by atoms with Crippen LogP contribution in [0.25, 0.3) is 0 Å². The zero-order chi connectivity index (χ0) is 15.5. The summed E-state index contributed by atoms with van der Waals surface area (Å²) in [6.45, 7) is 0.679. The first-order valence-electron chi connectivity index (χ1n) is 7.40.